The van der Waals surface area contributed by atoms with Crippen molar-refractivity contribution in [2.24, 2.45) is 5.92 Å². The maximum Gasteiger partial charge on any atom is 0.306 e. The Labute approximate surface area is 152 Å². The molecule has 0 radical (unpaired) electrons. The number of piperidine rings is 1. The van der Waals surface area contributed by atoms with Crippen LogP contribution in [0.15, 0.2) is 18.2 Å². The Morgan fingerprint density at radius 3 is 2.60 bits per heavy atom. The van der Waals surface area contributed by atoms with Crippen molar-refractivity contribution in [2.75, 3.05) is 26.8 Å². The van der Waals surface area contributed by atoms with Gasteiger partial charge in [-0.05, 0) is 43.5 Å². The smallest absolute Gasteiger partial charge is 0.306 e. The fourth-order valence-electron chi connectivity index (χ4n) is 2.74. The molecule has 0 aliphatic carbocycles. The van der Waals surface area contributed by atoms with Gasteiger partial charge in [-0.15, -0.1) is 0 Å². The average Bonchev–Trinajstić information content (AvgIpc) is 2.61. The van der Waals surface area contributed by atoms with E-state index in [-0.39, 0.29) is 11.8 Å². The van der Waals surface area contributed by atoms with Crippen LogP contribution in [0.2, 0.25) is 5.02 Å². The van der Waals surface area contributed by atoms with Crippen molar-refractivity contribution < 1.29 is 24.2 Å². The van der Waals surface area contributed by atoms with E-state index in [1.807, 2.05) is 6.92 Å². The molecule has 0 saturated carbocycles. The summed E-state index contributed by atoms with van der Waals surface area (Å²) in [6, 6.07) is 3.45. The number of amides is 1. The number of aliphatic carboxylic acids is 1. The summed E-state index contributed by atoms with van der Waals surface area (Å²) in [6.07, 6.45) is 4.09. The highest BCUT2D eigenvalue weighted by Gasteiger charge is 2.26. The zero-order valence-electron chi connectivity index (χ0n) is 14.3. The molecule has 136 valence electrons. The van der Waals surface area contributed by atoms with Crippen molar-refractivity contribution >= 4 is 29.6 Å². The van der Waals surface area contributed by atoms with E-state index in [1.165, 1.54) is 13.2 Å². The third kappa shape index (κ3) is 4.89. The van der Waals surface area contributed by atoms with Gasteiger partial charge in [-0.3, -0.25) is 9.59 Å². The highest BCUT2D eigenvalue weighted by atomic mass is 35.5. The highest BCUT2D eigenvalue weighted by molar-refractivity contribution is 6.32. The van der Waals surface area contributed by atoms with Crippen LogP contribution < -0.4 is 9.47 Å². The van der Waals surface area contributed by atoms with E-state index in [1.54, 1.807) is 23.1 Å². The molecule has 1 aliphatic heterocycles. The van der Waals surface area contributed by atoms with Crippen LogP contribution in [0.5, 0.6) is 11.5 Å². The van der Waals surface area contributed by atoms with Crippen LogP contribution in [0.25, 0.3) is 6.08 Å². The number of hydrogen-bond acceptors (Lipinski definition) is 4. The van der Waals surface area contributed by atoms with Gasteiger partial charge in [0.25, 0.3) is 0 Å². The van der Waals surface area contributed by atoms with Crippen LogP contribution in [-0.4, -0.2) is 48.7 Å². The van der Waals surface area contributed by atoms with Gasteiger partial charge in [-0.1, -0.05) is 11.6 Å². The molecule has 0 spiro atoms. The molecule has 1 amide bonds. The lowest BCUT2D eigenvalue weighted by Crippen LogP contribution is -2.39. The van der Waals surface area contributed by atoms with Gasteiger partial charge in [0.2, 0.25) is 5.91 Å². The first-order valence-corrected chi connectivity index (χ1v) is 8.54. The molecule has 1 aromatic rings. The number of benzene rings is 1. The summed E-state index contributed by atoms with van der Waals surface area (Å²) in [5.41, 5.74) is 0.721. The average molecular weight is 368 g/mol. The molecular formula is C18H22ClNO5. The number of methoxy groups -OCH3 is 1. The van der Waals surface area contributed by atoms with Crippen molar-refractivity contribution in [3.63, 3.8) is 0 Å². The molecule has 0 aromatic heterocycles. The number of carboxylic acid groups (broad SMARTS) is 1. The lowest BCUT2D eigenvalue weighted by atomic mass is 9.97. The number of nitrogens with zero attached hydrogens (tertiary/aromatic N) is 1. The first-order chi connectivity index (χ1) is 12.0. The van der Waals surface area contributed by atoms with Crippen LogP contribution in [0.1, 0.15) is 25.3 Å². The molecule has 1 saturated heterocycles. The van der Waals surface area contributed by atoms with E-state index in [0.717, 1.165) is 5.56 Å². The fraction of sp³-hybridized carbons (Fsp3) is 0.444. The zero-order valence-corrected chi connectivity index (χ0v) is 15.1. The van der Waals surface area contributed by atoms with Crippen LogP contribution in [0.3, 0.4) is 0 Å². The van der Waals surface area contributed by atoms with Gasteiger partial charge in [0.15, 0.2) is 11.5 Å². The Balaban J connectivity index is 2.05. The number of ether oxygens (including phenoxy) is 2. The van der Waals surface area contributed by atoms with Gasteiger partial charge in [-0.25, -0.2) is 0 Å². The molecule has 1 aliphatic rings. The minimum absolute atomic E-state index is 0.146. The molecule has 1 N–H and O–H groups in total. The van der Waals surface area contributed by atoms with Crippen LogP contribution >= 0.6 is 11.6 Å². The third-order valence-electron chi connectivity index (χ3n) is 4.11. The Hall–Kier alpha value is -2.21. The second-order valence-corrected chi connectivity index (χ2v) is 6.15. The molecule has 1 aromatic carbocycles. The molecule has 0 bridgehead atoms. The summed E-state index contributed by atoms with van der Waals surface area (Å²) < 4.78 is 10.7. The molecule has 2 rings (SSSR count). The predicted octanol–water partition coefficient (Wildman–Crippen LogP) is 3.08. The van der Waals surface area contributed by atoms with Gasteiger partial charge < -0.3 is 19.5 Å². The number of likely N-dealkylation sites (tertiary alicyclic amines) is 1. The molecule has 1 heterocycles. The van der Waals surface area contributed by atoms with Gasteiger partial charge in [-0.2, -0.15) is 0 Å². The second-order valence-electron chi connectivity index (χ2n) is 5.74. The quantitative estimate of drug-likeness (QED) is 0.782. The third-order valence-corrected chi connectivity index (χ3v) is 4.40. The van der Waals surface area contributed by atoms with Gasteiger partial charge in [0.05, 0.1) is 24.7 Å². The van der Waals surface area contributed by atoms with Crippen molar-refractivity contribution in [3.8, 4) is 11.5 Å². The number of carbonyl (C=O) groups is 2. The van der Waals surface area contributed by atoms with Crippen molar-refractivity contribution in [2.45, 2.75) is 19.8 Å². The summed E-state index contributed by atoms with van der Waals surface area (Å²) in [5.74, 6) is -0.316. The Morgan fingerprint density at radius 1 is 1.36 bits per heavy atom. The van der Waals surface area contributed by atoms with Crippen molar-refractivity contribution in [3.05, 3.63) is 28.8 Å². The summed E-state index contributed by atoms with van der Waals surface area (Å²) >= 11 is 6.21. The first kappa shape index (κ1) is 19.1. The summed E-state index contributed by atoms with van der Waals surface area (Å²) in [7, 11) is 1.53. The summed E-state index contributed by atoms with van der Waals surface area (Å²) in [6.45, 7) is 3.23. The molecule has 7 heteroatoms. The fourth-order valence-corrected chi connectivity index (χ4v) is 3.01. The lowest BCUT2D eigenvalue weighted by Gasteiger charge is -2.29. The van der Waals surface area contributed by atoms with E-state index < -0.39 is 5.97 Å². The predicted molar refractivity (Wildman–Crippen MR) is 95.1 cm³/mol. The number of rotatable bonds is 6. The Bertz CT molecular complexity index is 666. The largest absolute Gasteiger partial charge is 0.493 e. The van der Waals surface area contributed by atoms with Crippen LogP contribution in [0, 0.1) is 5.92 Å². The Kier molecular flexibility index (Phi) is 6.70. The summed E-state index contributed by atoms with van der Waals surface area (Å²) in [5, 5.41) is 9.41. The topological polar surface area (TPSA) is 76.1 Å². The molecule has 1 fully saturated rings. The van der Waals surface area contributed by atoms with Crippen LogP contribution in [0.4, 0.5) is 0 Å². The SMILES string of the molecule is CCOc1c(Cl)cc(/C=C\C(=O)N2CCC(C(=O)O)CC2)cc1OC. The van der Waals surface area contributed by atoms with E-state index in [9.17, 15) is 9.59 Å². The molecule has 0 atom stereocenters. The number of hydrogen-bond donors (Lipinski definition) is 1. The highest BCUT2D eigenvalue weighted by Crippen LogP contribution is 2.36. The van der Waals surface area contributed by atoms with Crippen molar-refractivity contribution in [1.29, 1.82) is 0 Å². The second kappa shape index (κ2) is 8.76. The number of halogens is 1. The molecule has 25 heavy (non-hydrogen) atoms. The van der Waals surface area contributed by atoms with Gasteiger partial charge in [0.1, 0.15) is 0 Å². The maximum atomic E-state index is 12.3. The van der Waals surface area contributed by atoms with Gasteiger partial charge in [0, 0.05) is 19.2 Å². The molecule has 0 unspecified atom stereocenters. The van der Waals surface area contributed by atoms with E-state index >= 15 is 0 Å². The maximum absolute atomic E-state index is 12.3. The minimum Gasteiger partial charge on any atom is -0.493 e. The minimum atomic E-state index is -0.793. The van der Waals surface area contributed by atoms with Crippen molar-refractivity contribution in [1.82, 2.24) is 4.90 Å². The lowest BCUT2D eigenvalue weighted by molar-refractivity contribution is -0.144. The first-order valence-electron chi connectivity index (χ1n) is 8.16. The van der Waals surface area contributed by atoms with E-state index in [4.69, 9.17) is 26.2 Å². The van der Waals surface area contributed by atoms with E-state index in [2.05, 4.69) is 0 Å². The molecular weight excluding hydrogens is 346 g/mol. The summed E-state index contributed by atoms with van der Waals surface area (Å²) in [4.78, 5) is 24.9. The number of carbonyl (C=O) groups excluding carboxylic acids is 1. The monoisotopic (exact) mass is 367 g/mol. The standard InChI is InChI=1S/C18H22ClNO5/c1-3-25-17-14(19)10-12(11-15(17)24-2)4-5-16(21)20-8-6-13(7-9-20)18(22)23/h4-5,10-11,13H,3,6-9H2,1-2H3,(H,22,23)/b5-4-. The van der Waals surface area contributed by atoms with E-state index in [0.29, 0.717) is 49.1 Å². The van der Waals surface area contributed by atoms with Gasteiger partial charge >= 0.3 is 5.97 Å². The normalized spacial score (nSPS) is 15.4. The number of carboxylic acids is 1. The Morgan fingerprint density at radius 2 is 2.04 bits per heavy atom. The molecule has 6 nitrogen and oxygen atoms in total. The van der Waals surface area contributed by atoms with Crippen LogP contribution in [-0.2, 0) is 9.59 Å². The zero-order chi connectivity index (χ0) is 18.4.